The molecule has 0 fully saturated rings. The van der Waals surface area contributed by atoms with Crippen LogP contribution >= 0.6 is 11.8 Å². The van der Waals surface area contributed by atoms with Crippen molar-refractivity contribution in [3.8, 4) is 11.5 Å². The second-order valence-corrected chi connectivity index (χ2v) is 8.11. The molecule has 30 heavy (non-hydrogen) atoms. The van der Waals surface area contributed by atoms with Crippen molar-refractivity contribution in [1.82, 2.24) is 4.90 Å². The van der Waals surface area contributed by atoms with E-state index >= 15 is 0 Å². The molecule has 1 amide bonds. The van der Waals surface area contributed by atoms with Crippen molar-refractivity contribution in [3.63, 3.8) is 0 Å². The van der Waals surface area contributed by atoms with E-state index in [2.05, 4.69) is 0 Å². The predicted molar refractivity (Wildman–Crippen MR) is 116 cm³/mol. The standard InChI is InChI=1S/C23H27NO5S/c1-15-7-5-6-8-21(15)30-14-22(25)24-10-9-16-11-19(27-2)20(28-3)12-17(16)18(24)13-23(26)29-4/h5-8,11-12,18H,9-10,13-14H2,1-4H3/t18-/m0/s1. The Morgan fingerprint density at radius 1 is 1.10 bits per heavy atom. The number of thioether (sulfide) groups is 1. The summed E-state index contributed by atoms with van der Waals surface area (Å²) in [5.41, 5.74) is 3.10. The van der Waals surface area contributed by atoms with E-state index in [1.54, 1.807) is 19.1 Å². The van der Waals surface area contributed by atoms with Crippen LogP contribution in [0.5, 0.6) is 11.5 Å². The average molecular weight is 430 g/mol. The van der Waals surface area contributed by atoms with E-state index in [0.29, 0.717) is 30.2 Å². The number of nitrogens with zero attached hydrogens (tertiary/aromatic N) is 1. The first-order chi connectivity index (χ1) is 14.5. The van der Waals surface area contributed by atoms with Crippen LogP contribution in [0.25, 0.3) is 0 Å². The van der Waals surface area contributed by atoms with Crippen molar-refractivity contribution in [1.29, 1.82) is 0 Å². The Kier molecular flexibility index (Phi) is 7.26. The van der Waals surface area contributed by atoms with Gasteiger partial charge in [0.15, 0.2) is 11.5 Å². The van der Waals surface area contributed by atoms with Crippen LogP contribution in [0.15, 0.2) is 41.3 Å². The van der Waals surface area contributed by atoms with Gasteiger partial charge >= 0.3 is 5.97 Å². The minimum atomic E-state index is -0.397. The van der Waals surface area contributed by atoms with E-state index in [-0.39, 0.29) is 18.3 Å². The Bertz CT molecular complexity index is 930. The van der Waals surface area contributed by atoms with E-state index in [0.717, 1.165) is 21.6 Å². The summed E-state index contributed by atoms with van der Waals surface area (Å²) in [5.74, 6) is 1.17. The largest absolute Gasteiger partial charge is 0.493 e. The third-order valence-corrected chi connectivity index (χ3v) is 6.52. The number of aryl methyl sites for hydroxylation is 1. The molecular formula is C23H27NO5S. The molecule has 2 aromatic carbocycles. The second kappa shape index (κ2) is 9.89. The molecule has 1 heterocycles. The number of rotatable bonds is 7. The SMILES string of the molecule is COC(=O)C[C@H]1c2cc(OC)c(OC)cc2CCN1C(=O)CSc1ccccc1C. The van der Waals surface area contributed by atoms with Crippen molar-refractivity contribution in [3.05, 3.63) is 53.1 Å². The highest BCUT2D eigenvalue weighted by molar-refractivity contribution is 8.00. The van der Waals surface area contributed by atoms with Crippen LogP contribution in [0.4, 0.5) is 0 Å². The maximum absolute atomic E-state index is 13.1. The summed E-state index contributed by atoms with van der Waals surface area (Å²) >= 11 is 1.52. The van der Waals surface area contributed by atoms with Crippen LogP contribution in [-0.4, -0.2) is 50.4 Å². The smallest absolute Gasteiger partial charge is 0.307 e. The van der Waals surface area contributed by atoms with Crippen molar-refractivity contribution >= 4 is 23.6 Å². The molecule has 0 saturated heterocycles. The van der Waals surface area contributed by atoms with E-state index in [1.165, 1.54) is 18.9 Å². The van der Waals surface area contributed by atoms with E-state index in [9.17, 15) is 9.59 Å². The first-order valence-corrected chi connectivity index (χ1v) is 10.8. The highest BCUT2D eigenvalue weighted by atomic mass is 32.2. The number of ether oxygens (including phenoxy) is 3. The summed E-state index contributed by atoms with van der Waals surface area (Å²) in [4.78, 5) is 28.2. The lowest BCUT2D eigenvalue weighted by Gasteiger charge is -2.37. The summed E-state index contributed by atoms with van der Waals surface area (Å²) in [6, 6.07) is 11.4. The first kappa shape index (κ1) is 22.0. The molecule has 1 aliphatic rings. The van der Waals surface area contributed by atoms with Gasteiger partial charge in [-0.25, -0.2) is 0 Å². The Balaban J connectivity index is 1.87. The van der Waals surface area contributed by atoms with Gasteiger partial charge in [0, 0.05) is 11.4 Å². The number of hydrogen-bond acceptors (Lipinski definition) is 6. The van der Waals surface area contributed by atoms with Gasteiger partial charge in [0.25, 0.3) is 0 Å². The van der Waals surface area contributed by atoms with Crippen LogP contribution < -0.4 is 9.47 Å². The van der Waals surface area contributed by atoms with E-state index in [1.807, 2.05) is 43.3 Å². The van der Waals surface area contributed by atoms with Gasteiger partial charge in [-0.2, -0.15) is 0 Å². The lowest BCUT2D eigenvalue weighted by molar-refractivity contribution is -0.143. The van der Waals surface area contributed by atoms with Crippen LogP contribution in [0.2, 0.25) is 0 Å². The highest BCUT2D eigenvalue weighted by Gasteiger charge is 2.33. The number of amides is 1. The predicted octanol–water partition coefficient (Wildman–Crippen LogP) is 3.79. The molecule has 0 N–H and O–H groups in total. The van der Waals surface area contributed by atoms with Gasteiger partial charge in [-0.05, 0) is 48.2 Å². The minimum Gasteiger partial charge on any atom is -0.493 e. The van der Waals surface area contributed by atoms with Crippen LogP contribution in [0.1, 0.15) is 29.2 Å². The Morgan fingerprint density at radius 2 is 1.80 bits per heavy atom. The Labute approximate surface area is 181 Å². The zero-order valence-corrected chi connectivity index (χ0v) is 18.6. The van der Waals surface area contributed by atoms with Crippen LogP contribution in [0.3, 0.4) is 0 Å². The Morgan fingerprint density at radius 3 is 2.47 bits per heavy atom. The Hall–Kier alpha value is -2.67. The van der Waals surface area contributed by atoms with Crippen molar-refractivity contribution in [2.45, 2.75) is 30.7 Å². The molecule has 0 aromatic heterocycles. The first-order valence-electron chi connectivity index (χ1n) is 9.78. The van der Waals surface area contributed by atoms with Crippen molar-refractivity contribution in [2.24, 2.45) is 0 Å². The van der Waals surface area contributed by atoms with Crippen LogP contribution in [0, 0.1) is 6.92 Å². The van der Waals surface area contributed by atoms with Gasteiger partial charge < -0.3 is 19.1 Å². The monoisotopic (exact) mass is 429 g/mol. The van der Waals surface area contributed by atoms with Crippen molar-refractivity contribution in [2.75, 3.05) is 33.6 Å². The van der Waals surface area contributed by atoms with Gasteiger partial charge in [0.2, 0.25) is 5.91 Å². The fourth-order valence-corrected chi connectivity index (χ4v) is 4.64. The molecule has 0 radical (unpaired) electrons. The molecule has 3 rings (SSSR count). The molecular weight excluding hydrogens is 402 g/mol. The number of esters is 1. The van der Waals surface area contributed by atoms with Gasteiger partial charge in [-0.3, -0.25) is 9.59 Å². The van der Waals surface area contributed by atoms with Crippen molar-refractivity contribution < 1.29 is 23.8 Å². The number of benzene rings is 2. The minimum absolute atomic E-state index is 0.00223. The fraction of sp³-hybridized carbons (Fsp3) is 0.391. The number of methoxy groups -OCH3 is 3. The maximum atomic E-state index is 13.1. The summed E-state index contributed by atoms with van der Waals surface area (Å²) in [6.07, 6.45) is 0.786. The molecule has 0 bridgehead atoms. The lowest BCUT2D eigenvalue weighted by atomic mass is 9.90. The number of hydrogen-bond donors (Lipinski definition) is 0. The normalized spacial score (nSPS) is 15.3. The van der Waals surface area contributed by atoms with Crippen LogP contribution in [-0.2, 0) is 20.7 Å². The topological polar surface area (TPSA) is 65.1 Å². The van der Waals surface area contributed by atoms with E-state index in [4.69, 9.17) is 14.2 Å². The molecule has 1 aliphatic heterocycles. The summed E-state index contributed by atoms with van der Waals surface area (Å²) in [7, 11) is 4.53. The average Bonchev–Trinajstić information content (AvgIpc) is 2.77. The number of carbonyl (C=O) groups is 2. The number of fused-ring (bicyclic) bond motifs is 1. The lowest BCUT2D eigenvalue weighted by Crippen LogP contribution is -2.42. The maximum Gasteiger partial charge on any atom is 0.307 e. The molecule has 0 spiro atoms. The summed E-state index contributed by atoms with van der Waals surface area (Å²) in [5, 5.41) is 0. The molecule has 0 aliphatic carbocycles. The zero-order valence-electron chi connectivity index (χ0n) is 17.8. The fourth-order valence-electron chi connectivity index (χ4n) is 3.73. The molecule has 0 unspecified atom stereocenters. The summed E-state index contributed by atoms with van der Waals surface area (Å²) < 4.78 is 15.8. The highest BCUT2D eigenvalue weighted by Crippen LogP contribution is 2.40. The molecule has 1 atom stereocenters. The molecule has 160 valence electrons. The van der Waals surface area contributed by atoms with Gasteiger partial charge in [0.05, 0.1) is 39.5 Å². The third kappa shape index (κ3) is 4.73. The van der Waals surface area contributed by atoms with Gasteiger partial charge in [-0.1, -0.05) is 18.2 Å². The molecule has 0 saturated carbocycles. The molecule has 2 aromatic rings. The zero-order chi connectivity index (χ0) is 21.7. The van der Waals surface area contributed by atoms with Gasteiger partial charge in [-0.15, -0.1) is 11.8 Å². The quantitative estimate of drug-likeness (QED) is 0.493. The molecule has 7 heteroatoms. The van der Waals surface area contributed by atoms with E-state index < -0.39 is 6.04 Å². The third-order valence-electron chi connectivity index (χ3n) is 5.36. The molecule has 6 nitrogen and oxygen atoms in total. The van der Waals surface area contributed by atoms with Gasteiger partial charge in [0.1, 0.15) is 0 Å². The summed E-state index contributed by atoms with van der Waals surface area (Å²) in [6.45, 7) is 2.57. The number of carbonyl (C=O) groups excluding carboxylic acids is 2. The second-order valence-electron chi connectivity index (χ2n) is 7.09.